The molecule has 0 N–H and O–H groups in total. The molecule has 2 rings (SSSR count). The predicted octanol–water partition coefficient (Wildman–Crippen LogP) is 5.86. The lowest BCUT2D eigenvalue weighted by molar-refractivity contribution is -0.165. The lowest BCUT2D eigenvalue weighted by atomic mass is 9.86. The van der Waals surface area contributed by atoms with Crippen molar-refractivity contribution < 1.29 is 14.3 Å². The minimum absolute atomic E-state index is 0.0510. The summed E-state index contributed by atoms with van der Waals surface area (Å²) in [6, 6.07) is 8.41. The number of nitrogens with zero attached hydrogens (tertiary/aromatic N) is 3. The van der Waals surface area contributed by atoms with E-state index in [0.29, 0.717) is 12.2 Å². The third-order valence-corrected chi connectivity index (χ3v) is 5.46. The third kappa shape index (κ3) is 6.80. The number of carbonyl (C=O) groups is 1. The van der Waals surface area contributed by atoms with E-state index in [9.17, 15) is 4.79 Å². The number of hydrogen-bond donors (Lipinski definition) is 0. The molecule has 0 saturated heterocycles. The molecule has 0 aliphatic carbocycles. The van der Waals surface area contributed by atoms with Gasteiger partial charge in [0.1, 0.15) is 5.69 Å². The van der Waals surface area contributed by atoms with Crippen LogP contribution in [0.4, 0.5) is 0 Å². The minimum Gasteiger partial charge on any atom is -0.452 e. The van der Waals surface area contributed by atoms with Crippen LogP contribution in [0.1, 0.15) is 76.0 Å². The van der Waals surface area contributed by atoms with Crippen LogP contribution in [-0.4, -0.2) is 35.3 Å². The maximum Gasteiger partial charge on any atom is 0.309 e. The van der Waals surface area contributed by atoms with Gasteiger partial charge in [-0.1, -0.05) is 58.9 Å². The average Bonchev–Trinajstić information content (AvgIpc) is 2.95. The Kier molecular flexibility index (Phi) is 8.64. The van der Waals surface area contributed by atoms with Gasteiger partial charge in [-0.15, -0.1) is 0 Å². The summed E-state index contributed by atoms with van der Waals surface area (Å²) >= 11 is 0. The molecule has 0 fully saturated rings. The fourth-order valence-electron chi connectivity index (χ4n) is 3.63. The Labute approximate surface area is 198 Å². The SMILES string of the molecule is C/N=C\C(=C(\OC(C)OC(=O)CC(C)C)c1c(C)c(C)nn1C)c1ccc(C(C)(C)C)cc1. The van der Waals surface area contributed by atoms with Crippen LogP contribution in [0.5, 0.6) is 0 Å². The Morgan fingerprint density at radius 1 is 1.12 bits per heavy atom. The van der Waals surface area contributed by atoms with E-state index in [4.69, 9.17) is 9.47 Å². The van der Waals surface area contributed by atoms with Gasteiger partial charge in [0, 0.05) is 44.8 Å². The van der Waals surface area contributed by atoms with Gasteiger partial charge in [-0.25, -0.2) is 0 Å². The molecule has 1 unspecified atom stereocenters. The molecule has 6 heteroatoms. The molecule has 6 nitrogen and oxygen atoms in total. The molecular formula is C27H39N3O3. The highest BCUT2D eigenvalue weighted by Gasteiger charge is 2.24. The normalized spacial score (nSPS) is 13.9. The molecule has 0 saturated carbocycles. The van der Waals surface area contributed by atoms with Crippen LogP contribution in [0.3, 0.4) is 0 Å². The molecule has 0 bridgehead atoms. The van der Waals surface area contributed by atoms with E-state index in [2.05, 4.69) is 55.1 Å². The van der Waals surface area contributed by atoms with Crippen LogP contribution in [0, 0.1) is 19.8 Å². The highest BCUT2D eigenvalue weighted by Crippen LogP contribution is 2.32. The summed E-state index contributed by atoms with van der Waals surface area (Å²) in [5.74, 6) is 0.510. The monoisotopic (exact) mass is 453 g/mol. The van der Waals surface area contributed by atoms with Crippen molar-refractivity contribution in [1.29, 1.82) is 0 Å². The lowest BCUT2D eigenvalue weighted by Gasteiger charge is -2.22. The summed E-state index contributed by atoms with van der Waals surface area (Å²) in [5.41, 5.74) is 5.79. The summed E-state index contributed by atoms with van der Waals surface area (Å²) in [7, 11) is 3.62. The summed E-state index contributed by atoms with van der Waals surface area (Å²) in [6.45, 7) is 16.3. The quantitative estimate of drug-likeness (QED) is 0.217. The highest BCUT2D eigenvalue weighted by atomic mass is 16.7. The van der Waals surface area contributed by atoms with Gasteiger partial charge in [0.2, 0.25) is 6.29 Å². The number of hydrogen-bond acceptors (Lipinski definition) is 5. The van der Waals surface area contributed by atoms with Crippen molar-refractivity contribution in [2.45, 2.75) is 73.5 Å². The molecule has 0 amide bonds. The Morgan fingerprint density at radius 3 is 2.18 bits per heavy atom. The summed E-state index contributed by atoms with van der Waals surface area (Å²) in [5, 5.41) is 4.57. The number of aliphatic imine (C=N–C) groups is 1. The topological polar surface area (TPSA) is 65.7 Å². The second-order valence-corrected chi connectivity index (χ2v) is 9.91. The van der Waals surface area contributed by atoms with Gasteiger partial charge in [0.05, 0.1) is 5.69 Å². The molecule has 1 aromatic carbocycles. The van der Waals surface area contributed by atoms with E-state index in [1.54, 1.807) is 24.9 Å². The number of rotatable bonds is 8. The first-order chi connectivity index (χ1) is 15.3. The lowest BCUT2D eigenvalue weighted by Crippen LogP contribution is -2.20. The van der Waals surface area contributed by atoms with Gasteiger partial charge in [0.25, 0.3) is 0 Å². The number of benzene rings is 1. The Balaban J connectivity index is 2.62. The van der Waals surface area contributed by atoms with E-state index in [1.807, 2.05) is 34.7 Å². The second kappa shape index (κ2) is 10.8. The van der Waals surface area contributed by atoms with Gasteiger partial charge in [0.15, 0.2) is 5.76 Å². The van der Waals surface area contributed by atoms with E-state index >= 15 is 0 Å². The first-order valence-corrected chi connectivity index (χ1v) is 11.5. The van der Waals surface area contributed by atoms with Crippen molar-refractivity contribution in [1.82, 2.24) is 9.78 Å². The number of aryl methyl sites for hydroxylation is 2. The van der Waals surface area contributed by atoms with E-state index in [0.717, 1.165) is 28.1 Å². The minimum atomic E-state index is -0.769. The van der Waals surface area contributed by atoms with Crippen molar-refractivity contribution in [3.8, 4) is 0 Å². The van der Waals surface area contributed by atoms with Gasteiger partial charge >= 0.3 is 5.97 Å². The Morgan fingerprint density at radius 2 is 1.73 bits per heavy atom. The molecule has 1 atom stereocenters. The van der Waals surface area contributed by atoms with Crippen LogP contribution >= 0.6 is 0 Å². The molecule has 0 aliphatic rings. The first kappa shape index (κ1) is 26.4. The van der Waals surface area contributed by atoms with E-state index in [1.165, 1.54) is 5.56 Å². The maximum atomic E-state index is 12.3. The average molecular weight is 454 g/mol. The zero-order valence-corrected chi connectivity index (χ0v) is 21.8. The molecule has 1 aromatic heterocycles. The largest absolute Gasteiger partial charge is 0.452 e. The first-order valence-electron chi connectivity index (χ1n) is 11.5. The zero-order valence-electron chi connectivity index (χ0n) is 21.8. The van der Waals surface area contributed by atoms with E-state index in [-0.39, 0.29) is 17.3 Å². The van der Waals surface area contributed by atoms with Crippen LogP contribution < -0.4 is 0 Å². The summed E-state index contributed by atoms with van der Waals surface area (Å²) in [4.78, 5) is 16.6. The van der Waals surface area contributed by atoms with Crippen molar-refractivity contribution >= 4 is 23.5 Å². The molecular weight excluding hydrogens is 414 g/mol. The number of carbonyl (C=O) groups excluding carboxylic acids is 1. The predicted molar refractivity (Wildman–Crippen MR) is 135 cm³/mol. The van der Waals surface area contributed by atoms with Gasteiger partial charge in [-0.2, -0.15) is 5.10 Å². The second-order valence-electron chi connectivity index (χ2n) is 9.91. The number of esters is 1. The number of aromatic nitrogens is 2. The third-order valence-electron chi connectivity index (χ3n) is 5.46. The smallest absolute Gasteiger partial charge is 0.309 e. The Bertz CT molecular complexity index is 1020. The maximum absolute atomic E-state index is 12.3. The van der Waals surface area contributed by atoms with Gasteiger partial charge < -0.3 is 9.47 Å². The van der Waals surface area contributed by atoms with Crippen LogP contribution in [0.25, 0.3) is 11.3 Å². The summed E-state index contributed by atoms with van der Waals surface area (Å²) in [6.07, 6.45) is 1.36. The van der Waals surface area contributed by atoms with Gasteiger partial charge in [-0.05, 0) is 36.3 Å². The fourth-order valence-corrected chi connectivity index (χ4v) is 3.63. The van der Waals surface area contributed by atoms with Crippen molar-refractivity contribution in [3.05, 3.63) is 52.3 Å². The molecule has 0 radical (unpaired) electrons. The van der Waals surface area contributed by atoms with Crippen molar-refractivity contribution in [3.63, 3.8) is 0 Å². The van der Waals surface area contributed by atoms with Crippen molar-refractivity contribution in [2.24, 2.45) is 18.0 Å². The van der Waals surface area contributed by atoms with Crippen LogP contribution in [0.15, 0.2) is 29.3 Å². The fraction of sp³-hybridized carbons (Fsp3) is 0.519. The van der Waals surface area contributed by atoms with Gasteiger partial charge in [-0.3, -0.25) is 14.5 Å². The molecule has 1 heterocycles. The van der Waals surface area contributed by atoms with Crippen LogP contribution in [-0.2, 0) is 26.7 Å². The molecule has 0 aliphatic heterocycles. The molecule has 180 valence electrons. The van der Waals surface area contributed by atoms with Crippen LogP contribution in [0.2, 0.25) is 0 Å². The standard InChI is InChI=1S/C27H39N3O3/c1-17(2)15-24(31)32-20(5)33-26(25-18(3)19(4)29-30(25)10)23(16-28-9)21-11-13-22(14-12-21)27(6,7)8/h11-14,16-17,20H,15H2,1-10H3/b26-23-,28-16-. The summed E-state index contributed by atoms with van der Waals surface area (Å²) < 4.78 is 13.7. The Hall–Kier alpha value is -2.89. The molecule has 2 aromatic rings. The highest BCUT2D eigenvalue weighted by molar-refractivity contribution is 6.18. The number of allylic oxidation sites excluding steroid dienone is 1. The van der Waals surface area contributed by atoms with E-state index < -0.39 is 6.29 Å². The van der Waals surface area contributed by atoms with Crippen molar-refractivity contribution in [2.75, 3.05) is 7.05 Å². The molecule has 33 heavy (non-hydrogen) atoms. The molecule has 0 spiro atoms. The zero-order chi connectivity index (χ0) is 24.9. The number of ether oxygens (including phenoxy) is 2.